The first-order chi connectivity index (χ1) is 10.3. The van der Waals surface area contributed by atoms with Crippen LogP contribution in [-0.4, -0.2) is 20.0 Å². The summed E-state index contributed by atoms with van der Waals surface area (Å²) in [7, 11) is 3.40. The largest absolute Gasteiger partial charge is 0.497 e. The lowest BCUT2D eigenvalue weighted by atomic mass is 9.99. The molecule has 0 fully saturated rings. The van der Waals surface area contributed by atoms with Gasteiger partial charge in [0.2, 0.25) is 0 Å². The minimum atomic E-state index is 0.416. The fraction of sp³-hybridized carbons (Fsp3) is 0.222. The predicted molar refractivity (Wildman–Crippen MR) is 88.5 cm³/mol. The summed E-state index contributed by atoms with van der Waals surface area (Å²) in [5.41, 5.74) is 2.58. The lowest BCUT2D eigenvalue weighted by Gasteiger charge is -2.12. The Morgan fingerprint density at radius 3 is 2.38 bits per heavy atom. The first kappa shape index (κ1) is 14.1. The summed E-state index contributed by atoms with van der Waals surface area (Å²) in [5, 5.41) is 0. The van der Waals surface area contributed by atoms with Gasteiger partial charge in [0.05, 0.1) is 14.2 Å². The third-order valence-electron chi connectivity index (χ3n) is 3.69. The number of thioether (sulfide) groups is 1. The van der Waals surface area contributed by atoms with Crippen molar-refractivity contribution in [3.63, 3.8) is 0 Å². The van der Waals surface area contributed by atoms with E-state index in [9.17, 15) is 0 Å². The van der Waals surface area contributed by atoms with Crippen molar-refractivity contribution in [2.75, 3.05) is 20.0 Å². The standard InChI is InChI=1S/C18H18O2S/c1-19-16-8-5-13(6-9-16)15-4-3-14-7-10-17(20-2)11-18(14)21-12-15/h3-11,15H,12H2,1-2H3. The van der Waals surface area contributed by atoms with E-state index in [0.29, 0.717) is 5.92 Å². The molecule has 0 aromatic heterocycles. The molecular weight excluding hydrogens is 280 g/mol. The molecule has 2 aromatic carbocycles. The molecule has 1 aliphatic heterocycles. The highest BCUT2D eigenvalue weighted by Gasteiger charge is 2.14. The Balaban J connectivity index is 1.83. The molecule has 3 rings (SSSR count). The Kier molecular flexibility index (Phi) is 4.20. The molecule has 1 aliphatic rings. The number of hydrogen-bond acceptors (Lipinski definition) is 3. The van der Waals surface area contributed by atoms with Gasteiger partial charge in [0, 0.05) is 16.6 Å². The van der Waals surface area contributed by atoms with Crippen molar-refractivity contribution in [2.24, 2.45) is 0 Å². The summed E-state index contributed by atoms with van der Waals surface area (Å²) >= 11 is 1.88. The number of rotatable bonds is 3. The molecule has 21 heavy (non-hydrogen) atoms. The molecule has 2 nitrogen and oxygen atoms in total. The first-order valence-electron chi connectivity index (χ1n) is 6.93. The van der Waals surface area contributed by atoms with Crippen LogP contribution in [0.1, 0.15) is 17.0 Å². The number of fused-ring (bicyclic) bond motifs is 1. The summed E-state index contributed by atoms with van der Waals surface area (Å²) in [6, 6.07) is 14.6. The van der Waals surface area contributed by atoms with Gasteiger partial charge in [0.15, 0.2) is 0 Å². The fourth-order valence-corrected chi connectivity index (χ4v) is 3.58. The summed E-state index contributed by atoms with van der Waals surface area (Å²) in [4.78, 5) is 1.28. The van der Waals surface area contributed by atoms with Crippen molar-refractivity contribution >= 4 is 17.8 Å². The Bertz CT molecular complexity index is 647. The van der Waals surface area contributed by atoms with E-state index in [4.69, 9.17) is 9.47 Å². The highest BCUT2D eigenvalue weighted by molar-refractivity contribution is 7.99. The van der Waals surface area contributed by atoms with Crippen molar-refractivity contribution in [2.45, 2.75) is 10.8 Å². The number of ether oxygens (including phenoxy) is 2. The topological polar surface area (TPSA) is 18.5 Å². The third-order valence-corrected chi connectivity index (χ3v) is 4.88. The van der Waals surface area contributed by atoms with E-state index in [-0.39, 0.29) is 0 Å². The molecule has 0 saturated heterocycles. The lowest BCUT2D eigenvalue weighted by molar-refractivity contribution is 0.413. The van der Waals surface area contributed by atoms with Crippen molar-refractivity contribution in [3.8, 4) is 11.5 Å². The van der Waals surface area contributed by atoms with Crippen molar-refractivity contribution in [1.82, 2.24) is 0 Å². The van der Waals surface area contributed by atoms with E-state index >= 15 is 0 Å². The molecule has 0 radical (unpaired) electrons. The average molecular weight is 298 g/mol. The summed E-state index contributed by atoms with van der Waals surface area (Å²) in [6.07, 6.45) is 4.50. The molecule has 0 saturated carbocycles. The van der Waals surface area contributed by atoms with Gasteiger partial charge in [-0.1, -0.05) is 30.4 Å². The van der Waals surface area contributed by atoms with Gasteiger partial charge in [-0.3, -0.25) is 0 Å². The van der Waals surface area contributed by atoms with Crippen LogP contribution in [0.3, 0.4) is 0 Å². The quantitative estimate of drug-likeness (QED) is 0.824. The van der Waals surface area contributed by atoms with Crippen molar-refractivity contribution in [1.29, 1.82) is 0 Å². The first-order valence-corrected chi connectivity index (χ1v) is 7.91. The van der Waals surface area contributed by atoms with Gasteiger partial charge in [-0.25, -0.2) is 0 Å². The second-order valence-corrected chi connectivity index (χ2v) is 6.02. The summed E-state index contributed by atoms with van der Waals surface area (Å²) in [6.45, 7) is 0. The zero-order valence-electron chi connectivity index (χ0n) is 12.2. The molecule has 0 bridgehead atoms. The molecule has 2 aromatic rings. The molecule has 3 heteroatoms. The van der Waals surface area contributed by atoms with E-state index in [1.54, 1.807) is 14.2 Å². The van der Waals surface area contributed by atoms with Crippen molar-refractivity contribution < 1.29 is 9.47 Å². The molecule has 0 N–H and O–H groups in total. The molecule has 0 amide bonds. The van der Waals surface area contributed by atoms with Gasteiger partial charge in [-0.05, 0) is 35.4 Å². The minimum Gasteiger partial charge on any atom is -0.497 e. The molecule has 1 unspecified atom stereocenters. The number of benzene rings is 2. The highest BCUT2D eigenvalue weighted by atomic mass is 32.2. The monoisotopic (exact) mass is 298 g/mol. The number of methoxy groups -OCH3 is 2. The van der Waals surface area contributed by atoms with Crippen LogP contribution < -0.4 is 9.47 Å². The van der Waals surface area contributed by atoms with Crippen LogP contribution in [-0.2, 0) is 0 Å². The van der Waals surface area contributed by atoms with E-state index in [0.717, 1.165) is 17.3 Å². The zero-order chi connectivity index (χ0) is 14.7. The third kappa shape index (κ3) is 3.08. The van der Waals surface area contributed by atoms with Gasteiger partial charge < -0.3 is 9.47 Å². The van der Waals surface area contributed by atoms with Crippen LogP contribution in [0.2, 0.25) is 0 Å². The predicted octanol–water partition coefficient (Wildman–Crippen LogP) is 4.61. The van der Waals surface area contributed by atoms with Crippen LogP contribution in [0.15, 0.2) is 53.4 Å². The maximum Gasteiger partial charge on any atom is 0.120 e. The Morgan fingerprint density at radius 1 is 0.952 bits per heavy atom. The highest BCUT2D eigenvalue weighted by Crippen LogP contribution is 2.36. The molecule has 108 valence electrons. The van der Waals surface area contributed by atoms with Crippen LogP contribution in [0.4, 0.5) is 0 Å². The fourth-order valence-electron chi connectivity index (χ4n) is 2.42. The smallest absolute Gasteiger partial charge is 0.120 e. The summed E-state index contributed by atoms with van der Waals surface area (Å²) in [5.74, 6) is 3.26. The van der Waals surface area contributed by atoms with Gasteiger partial charge in [0.25, 0.3) is 0 Å². The van der Waals surface area contributed by atoms with Crippen LogP contribution in [0, 0.1) is 0 Å². The van der Waals surface area contributed by atoms with E-state index < -0.39 is 0 Å². The molecule has 1 atom stereocenters. The molecular formula is C18H18O2S. The molecule has 0 aliphatic carbocycles. The second kappa shape index (κ2) is 6.27. The normalized spacial score (nSPS) is 17.0. The Hall–Kier alpha value is -1.87. The Labute approximate surface area is 129 Å². The molecule has 0 spiro atoms. The van der Waals surface area contributed by atoms with Crippen LogP contribution in [0.25, 0.3) is 6.08 Å². The van der Waals surface area contributed by atoms with Gasteiger partial charge >= 0.3 is 0 Å². The zero-order valence-corrected chi connectivity index (χ0v) is 13.0. The maximum atomic E-state index is 5.31. The number of allylic oxidation sites excluding steroid dienone is 1. The van der Waals surface area contributed by atoms with E-state index in [1.165, 1.54) is 16.0 Å². The van der Waals surface area contributed by atoms with Crippen LogP contribution in [0.5, 0.6) is 11.5 Å². The minimum absolute atomic E-state index is 0.416. The summed E-state index contributed by atoms with van der Waals surface area (Å²) < 4.78 is 10.5. The van der Waals surface area contributed by atoms with E-state index in [1.807, 2.05) is 30.0 Å². The Morgan fingerprint density at radius 2 is 1.67 bits per heavy atom. The van der Waals surface area contributed by atoms with Gasteiger partial charge in [0.1, 0.15) is 11.5 Å². The van der Waals surface area contributed by atoms with E-state index in [2.05, 4.69) is 36.4 Å². The number of hydrogen-bond donors (Lipinski definition) is 0. The second-order valence-electron chi connectivity index (χ2n) is 4.95. The lowest BCUT2D eigenvalue weighted by Crippen LogP contribution is -1.97. The van der Waals surface area contributed by atoms with Crippen LogP contribution >= 0.6 is 11.8 Å². The maximum absolute atomic E-state index is 5.31. The average Bonchev–Trinajstić information content (AvgIpc) is 2.76. The van der Waals surface area contributed by atoms with Gasteiger partial charge in [-0.15, -0.1) is 11.8 Å². The van der Waals surface area contributed by atoms with Gasteiger partial charge in [-0.2, -0.15) is 0 Å². The SMILES string of the molecule is COc1ccc(C2C=Cc3ccc(OC)cc3SC2)cc1. The molecule has 1 heterocycles. The van der Waals surface area contributed by atoms with Crippen molar-refractivity contribution in [3.05, 3.63) is 59.7 Å².